The molecule has 4 amide bonds. The third-order valence-electron chi connectivity index (χ3n) is 5.79. The molecule has 0 unspecified atom stereocenters. The van der Waals surface area contributed by atoms with Gasteiger partial charge in [-0.05, 0) is 0 Å². The summed E-state index contributed by atoms with van der Waals surface area (Å²) in [4.78, 5) is 46.4. The third-order valence-corrected chi connectivity index (χ3v) is 5.79. The summed E-state index contributed by atoms with van der Waals surface area (Å²) in [7, 11) is 0. The van der Waals surface area contributed by atoms with Crippen molar-refractivity contribution in [2.45, 2.75) is 53.4 Å². The topological polar surface area (TPSA) is 74.8 Å². The van der Waals surface area contributed by atoms with Crippen molar-refractivity contribution in [1.29, 1.82) is 0 Å². The second-order valence-corrected chi connectivity index (χ2v) is 9.18. The molecule has 6 nitrogen and oxygen atoms in total. The molecule has 4 rings (SSSR count). The largest absolute Gasteiger partial charge is 4.00 e. The molecule has 0 saturated heterocycles. The fraction of sp³-hybridized carbons (Fsp3) is 0.294. The van der Waals surface area contributed by atoms with E-state index in [2.05, 4.69) is 24.3 Å². The molecular weight excluding hydrogens is 624 g/mol. The fourth-order valence-corrected chi connectivity index (χ4v) is 3.55. The van der Waals surface area contributed by atoms with E-state index in [9.17, 15) is 36.7 Å². The first-order valence-electron chi connectivity index (χ1n) is 13.6. The summed E-state index contributed by atoms with van der Waals surface area (Å²) in [5.74, 6) is -4.74. The normalized spacial score (nSPS) is 11.6. The second kappa shape index (κ2) is 22.6. The quantitative estimate of drug-likeness (QED) is 0.217. The molecule has 0 radical (unpaired) electrons. The Kier molecular flexibility index (Phi) is 20.6. The molecular formula is C34H34F4N2O4Ti. The van der Waals surface area contributed by atoms with E-state index in [1.54, 1.807) is 0 Å². The molecule has 0 fully saturated rings. The van der Waals surface area contributed by atoms with Gasteiger partial charge in [0, 0.05) is 64.1 Å². The van der Waals surface area contributed by atoms with Gasteiger partial charge in [0.25, 0.3) is 0 Å². The van der Waals surface area contributed by atoms with Crippen LogP contribution < -0.4 is 0 Å². The van der Waals surface area contributed by atoms with Crippen LogP contribution in [0.15, 0.2) is 60.7 Å². The monoisotopic (exact) mass is 658 g/mol. The number of hydrogen-bond acceptors (Lipinski definition) is 4. The Morgan fingerprint density at radius 2 is 0.956 bits per heavy atom. The van der Waals surface area contributed by atoms with Crippen molar-refractivity contribution in [3.8, 4) is 0 Å². The molecule has 0 aromatic heterocycles. The van der Waals surface area contributed by atoms with Crippen molar-refractivity contribution in [3.63, 3.8) is 0 Å². The van der Waals surface area contributed by atoms with Crippen LogP contribution in [-0.2, 0) is 53.7 Å². The predicted octanol–water partition coefficient (Wildman–Crippen LogP) is 6.01. The van der Waals surface area contributed by atoms with E-state index < -0.39 is 46.9 Å². The SMILES string of the molecule is CC(=O)N(CCc1ccc(F)[c-]c1F)C(C)=O.CC(=O)N(CCc1ccc(F)[c-]c1F)C(C)=O.[C-]1=CC=CC1.[C-]1=CC=CC1.[Ti+4]. The van der Waals surface area contributed by atoms with Crippen LogP contribution in [0.4, 0.5) is 17.6 Å². The van der Waals surface area contributed by atoms with Crippen LogP contribution in [0.1, 0.15) is 51.7 Å². The van der Waals surface area contributed by atoms with Crippen molar-refractivity contribution >= 4 is 23.6 Å². The Morgan fingerprint density at radius 1 is 0.622 bits per heavy atom. The van der Waals surface area contributed by atoms with Crippen LogP contribution in [-0.4, -0.2) is 46.5 Å². The minimum atomic E-state index is -0.794. The fourth-order valence-electron chi connectivity index (χ4n) is 3.55. The molecule has 0 saturated carbocycles. The molecule has 2 aromatic carbocycles. The van der Waals surface area contributed by atoms with Crippen molar-refractivity contribution in [3.05, 3.63) is 119 Å². The Hall–Kier alpha value is -3.89. The summed E-state index contributed by atoms with van der Waals surface area (Å²) in [6, 6.07) is 8.53. The van der Waals surface area contributed by atoms with Crippen LogP contribution in [0, 0.1) is 47.6 Å². The van der Waals surface area contributed by atoms with Crippen molar-refractivity contribution < 1.29 is 58.5 Å². The molecule has 236 valence electrons. The predicted molar refractivity (Wildman–Crippen MR) is 157 cm³/mol. The van der Waals surface area contributed by atoms with Gasteiger partial charge in [-0.1, -0.05) is 12.8 Å². The van der Waals surface area contributed by atoms with Gasteiger partial charge >= 0.3 is 21.7 Å². The summed E-state index contributed by atoms with van der Waals surface area (Å²) in [6.45, 7) is 5.17. The van der Waals surface area contributed by atoms with Gasteiger partial charge < -0.3 is 0 Å². The van der Waals surface area contributed by atoms with Gasteiger partial charge in [0.15, 0.2) is 0 Å². The van der Waals surface area contributed by atoms with Gasteiger partial charge in [0.05, 0.1) is 0 Å². The molecule has 0 heterocycles. The van der Waals surface area contributed by atoms with Crippen molar-refractivity contribution in [2.75, 3.05) is 13.1 Å². The molecule has 0 bridgehead atoms. The molecule has 45 heavy (non-hydrogen) atoms. The third kappa shape index (κ3) is 17.3. The second-order valence-electron chi connectivity index (χ2n) is 9.18. The van der Waals surface area contributed by atoms with E-state index in [1.165, 1.54) is 39.8 Å². The maximum Gasteiger partial charge on any atom is 4.00 e. The van der Waals surface area contributed by atoms with Crippen LogP contribution >= 0.6 is 0 Å². The van der Waals surface area contributed by atoms with Gasteiger partial charge in [0.2, 0.25) is 23.6 Å². The van der Waals surface area contributed by atoms with E-state index in [0.717, 1.165) is 34.8 Å². The number of benzene rings is 2. The van der Waals surface area contributed by atoms with E-state index in [-0.39, 0.29) is 58.8 Å². The zero-order valence-corrected chi connectivity index (χ0v) is 27.1. The van der Waals surface area contributed by atoms with E-state index in [4.69, 9.17) is 0 Å². The van der Waals surface area contributed by atoms with Crippen LogP contribution in [0.3, 0.4) is 0 Å². The number of rotatable bonds is 6. The van der Waals surface area contributed by atoms with Gasteiger partial charge in [-0.15, -0.1) is 48.2 Å². The molecule has 0 N–H and O–H groups in total. The minimum Gasteiger partial charge on any atom is -0.284 e. The molecule has 0 aliphatic heterocycles. The minimum absolute atomic E-state index is 0. The molecule has 11 heteroatoms. The molecule has 2 aromatic rings. The van der Waals surface area contributed by atoms with Gasteiger partial charge in [0.1, 0.15) is 0 Å². The number of amides is 4. The number of allylic oxidation sites excluding steroid dienone is 8. The smallest absolute Gasteiger partial charge is 0.284 e. The number of nitrogens with zero attached hydrogens (tertiary/aromatic N) is 2. The van der Waals surface area contributed by atoms with Gasteiger partial charge in [-0.3, -0.25) is 41.1 Å². The summed E-state index contributed by atoms with van der Waals surface area (Å²) >= 11 is 0. The first-order valence-corrected chi connectivity index (χ1v) is 13.6. The van der Waals surface area contributed by atoms with E-state index >= 15 is 0 Å². The average Bonchev–Trinajstić information content (AvgIpc) is 3.71. The number of imide groups is 2. The first kappa shape index (κ1) is 41.1. The van der Waals surface area contributed by atoms with Crippen LogP contribution in [0.2, 0.25) is 0 Å². The van der Waals surface area contributed by atoms with E-state index in [0.29, 0.717) is 0 Å². The maximum atomic E-state index is 13.2. The van der Waals surface area contributed by atoms with Crippen LogP contribution in [0.25, 0.3) is 0 Å². The Morgan fingerprint density at radius 3 is 1.16 bits per heavy atom. The summed E-state index contributed by atoms with van der Waals surface area (Å²) in [5, 5.41) is 0. The number of halogens is 4. The summed E-state index contributed by atoms with van der Waals surface area (Å²) < 4.78 is 51.6. The standard InChI is InChI=1S/2C12H12F2NO2.2C5H5.Ti/c2*1-8(16)15(9(2)17)6-5-10-3-4-11(13)7-12(10)14;2*1-2-4-5-3-1;/h2*3-4H,5-6H2,1-2H3;2*1-3H,4H2;/q4*-1;+4. The Bertz CT molecular complexity index is 1250. The number of carbonyl (C=O) groups excluding carboxylic acids is 4. The molecule has 0 spiro atoms. The van der Waals surface area contributed by atoms with Crippen LogP contribution in [0.5, 0.6) is 0 Å². The summed E-state index contributed by atoms with van der Waals surface area (Å²) in [6.07, 6.45) is 20.3. The van der Waals surface area contributed by atoms with Crippen molar-refractivity contribution in [2.24, 2.45) is 0 Å². The van der Waals surface area contributed by atoms with Gasteiger partial charge in [-0.2, -0.15) is 24.3 Å². The molecule has 2 aliphatic carbocycles. The maximum absolute atomic E-state index is 13.2. The average molecular weight is 659 g/mol. The van der Waals surface area contributed by atoms with Crippen molar-refractivity contribution in [1.82, 2.24) is 9.80 Å². The zero-order valence-electron chi connectivity index (χ0n) is 25.6. The number of carbonyl (C=O) groups is 4. The molecule has 0 atom stereocenters. The van der Waals surface area contributed by atoms with Gasteiger partial charge in [-0.25, -0.2) is 41.9 Å². The first-order chi connectivity index (χ1) is 20.8. The summed E-state index contributed by atoms with van der Waals surface area (Å²) in [5.41, 5.74) is 0.442. The number of hydrogen-bond donors (Lipinski definition) is 0. The van der Waals surface area contributed by atoms with E-state index in [1.807, 2.05) is 36.4 Å². The Labute approximate surface area is 277 Å². The Balaban J connectivity index is 0.000000644. The molecule has 2 aliphatic rings. The zero-order chi connectivity index (χ0) is 33.1.